The van der Waals surface area contributed by atoms with Crippen LogP contribution >= 0.6 is 0 Å². The molecule has 122 valence electrons. The number of hydrogen-bond donors (Lipinski definition) is 1. The zero-order valence-electron chi connectivity index (χ0n) is 13.2. The second-order valence-corrected chi connectivity index (χ2v) is 6.84. The van der Waals surface area contributed by atoms with Crippen molar-refractivity contribution in [1.29, 1.82) is 0 Å². The molecule has 0 saturated heterocycles. The molecule has 1 N–H and O–H groups in total. The first-order chi connectivity index (χ1) is 11.8. The van der Waals surface area contributed by atoms with Crippen LogP contribution in [0.2, 0.25) is 0 Å². The van der Waals surface area contributed by atoms with Crippen LogP contribution < -0.4 is 5.32 Å². The fourth-order valence-electron chi connectivity index (χ4n) is 3.38. The number of hydrogen-bond acceptors (Lipinski definition) is 4. The van der Waals surface area contributed by atoms with Gasteiger partial charge in [0.15, 0.2) is 11.5 Å². The number of aromatic nitrogens is 4. The minimum Gasteiger partial charge on any atom is -0.365 e. The summed E-state index contributed by atoms with van der Waals surface area (Å²) in [5, 5.41) is 16.5. The molecule has 0 unspecified atom stereocenters. The Bertz CT molecular complexity index is 885. The van der Waals surface area contributed by atoms with Crippen molar-refractivity contribution in [3.63, 3.8) is 0 Å². The van der Waals surface area contributed by atoms with E-state index in [1.54, 1.807) is 22.7 Å². The smallest absolute Gasteiger partial charge is 0.188 e. The van der Waals surface area contributed by atoms with Crippen molar-refractivity contribution in [2.75, 3.05) is 5.32 Å². The molecule has 0 amide bonds. The van der Waals surface area contributed by atoms with Crippen LogP contribution in [0.1, 0.15) is 25.7 Å². The normalized spacial score (nSPS) is 17.6. The summed E-state index contributed by atoms with van der Waals surface area (Å²) in [6.07, 6.45) is 5.24. The number of nitrogens with one attached hydrogen (secondary N) is 1. The summed E-state index contributed by atoms with van der Waals surface area (Å²) >= 11 is 0. The van der Waals surface area contributed by atoms with Gasteiger partial charge in [0.1, 0.15) is 11.6 Å². The van der Waals surface area contributed by atoms with E-state index in [1.165, 1.54) is 31.7 Å². The minimum atomic E-state index is -0.319. The first-order valence-electron chi connectivity index (χ1n) is 8.53. The molecule has 0 spiro atoms. The molecule has 3 aromatic rings. The molecule has 5 rings (SSSR count). The van der Waals surface area contributed by atoms with Crippen LogP contribution in [0.15, 0.2) is 36.4 Å². The summed E-state index contributed by atoms with van der Waals surface area (Å²) in [7, 11) is 0. The van der Waals surface area contributed by atoms with E-state index >= 15 is 0 Å². The van der Waals surface area contributed by atoms with Gasteiger partial charge in [0, 0.05) is 6.04 Å². The van der Waals surface area contributed by atoms with Crippen LogP contribution in [0.25, 0.3) is 17.0 Å². The number of benzene rings is 1. The average molecular weight is 323 g/mol. The molecule has 0 aliphatic heterocycles. The highest BCUT2D eigenvalue weighted by molar-refractivity contribution is 5.60. The molecule has 0 bridgehead atoms. The molecule has 2 fully saturated rings. The summed E-state index contributed by atoms with van der Waals surface area (Å²) in [5.41, 5.74) is 1.03. The minimum absolute atomic E-state index is 0.319. The van der Waals surface area contributed by atoms with Crippen LogP contribution in [-0.4, -0.2) is 25.9 Å². The number of anilines is 1. The van der Waals surface area contributed by atoms with E-state index in [0.717, 1.165) is 17.7 Å². The van der Waals surface area contributed by atoms with E-state index in [1.807, 2.05) is 12.1 Å². The largest absolute Gasteiger partial charge is 0.365 e. The van der Waals surface area contributed by atoms with Crippen LogP contribution in [0.4, 0.5) is 10.2 Å². The van der Waals surface area contributed by atoms with Crippen molar-refractivity contribution in [1.82, 2.24) is 19.8 Å². The Morgan fingerprint density at radius 2 is 1.75 bits per heavy atom. The van der Waals surface area contributed by atoms with Gasteiger partial charge in [0.25, 0.3) is 0 Å². The molecule has 0 atom stereocenters. The highest BCUT2D eigenvalue weighted by Crippen LogP contribution is 2.45. The first-order valence-corrected chi connectivity index (χ1v) is 8.53. The zero-order valence-corrected chi connectivity index (χ0v) is 13.2. The van der Waals surface area contributed by atoms with Crippen LogP contribution in [0.5, 0.6) is 0 Å². The van der Waals surface area contributed by atoms with Gasteiger partial charge in [0.05, 0.1) is 5.56 Å². The molecular formula is C18H18FN5. The van der Waals surface area contributed by atoms with Crippen molar-refractivity contribution in [2.24, 2.45) is 11.8 Å². The highest BCUT2D eigenvalue weighted by atomic mass is 19.1. The Morgan fingerprint density at radius 1 is 1.00 bits per heavy atom. The molecule has 2 saturated carbocycles. The van der Waals surface area contributed by atoms with Gasteiger partial charge in [-0.25, -0.2) is 4.39 Å². The lowest BCUT2D eigenvalue weighted by Gasteiger charge is -2.18. The first kappa shape index (κ1) is 13.9. The van der Waals surface area contributed by atoms with Crippen LogP contribution in [-0.2, 0) is 0 Å². The van der Waals surface area contributed by atoms with Gasteiger partial charge in [-0.1, -0.05) is 12.1 Å². The summed E-state index contributed by atoms with van der Waals surface area (Å²) in [6, 6.07) is 10.9. The maximum Gasteiger partial charge on any atom is 0.188 e. The Morgan fingerprint density at radius 3 is 2.46 bits per heavy atom. The molecule has 2 heterocycles. The monoisotopic (exact) mass is 323 g/mol. The Kier molecular flexibility index (Phi) is 3.04. The molecule has 1 aromatic carbocycles. The summed E-state index contributed by atoms with van der Waals surface area (Å²) in [5.74, 6) is 2.48. The number of fused-ring (bicyclic) bond motifs is 1. The Labute approximate surface area is 138 Å². The lowest BCUT2D eigenvalue weighted by atomic mass is 10.1. The third kappa shape index (κ3) is 2.42. The molecule has 6 heteroatoms. The van der Waals surface area contributed by atoms with E-state index in [9.17, 15) is 4.39 Å². The fraction of sp³-hybridized carbons (Fsp3) is 0.389. The van der Waals surface area contributed by atoms with Gasteiger partial charge in [0.2, 0.25) is 0 Å². The fourth-order valence-corrected chi connectivity index (χ4v) is 3.38. The van der Waals surface area contributed by atoms with E-state index in [4.69, 9.17) is 0 Å². The van der Waals surface area contributed by atoms with Gasteiger partial charge in [-0.15, -0.1) is 15.3 Å². The van der Waals surface area contributed by atoms with E-state index < -0.39 is 0 Å². The van der Waals surface area contributed by atoms with Crippen molar-refractivity contribution < 1.29 is 4.39 Å². The average Bonchev–Trinajstić information content (AvgIpc) is 3.51. The standard InChI is InChI=1S/C18H18FN5/c19-14-4-2-1-3-13(14)18-22-21-16-10-9-15(23-24(16)18)20-17(11-5-6-11)12-7-8-12/h1-4,9-12,17H,5-8H2,(H,20,23). The van der Waals surface area contributed by atoms with Gasteiger partial charge < -0.3 is 5.32 Å². The molecular weight excluding hydrogens is 305 g/mol. The molecule has 2 aliphatic rings. The third-order valence-corrected chi connectivity index (χ3v) is 4.95. The number of halogens is 1. The summed E-state index contributed by atoms with van der Waals surface area (Å²) in [6.45, 7) is 0. The Hall–Kier alpha value is -2.50. The quantitative estimate of drug-likeness (QED) is 0.780. The van der Waals surface area contributed by atoms with E-state index in [-0.39, 0.29) is 5.82 Å². The Balaban J connectivity index is 1.52. The van der Waals surface area contributed by atoms with E-state index in [0.29, 0.717) is 23.1 Å². The third-order valence-electron chi connectivity index (χ3n) is 4.95. The second-order valence-electron chi connectivity index (χ2n) is 6.84. The van der Waals surface area contributed by atoms with Crippen molar-refractivity contribution in [2.45, 2.75) is 31.7 Å². The van der Waals surface area contributed by atoms with Gasteiger partial charge >= 0.3 is 0 Å². The van der Waals surface area contributed by atoms with Crippen molar-refractivity contribution >= 4 is 11.5 Å². The lowest BCUT2D eigenvalue weighted by Crippen LogP contribution is -2.25. The SMILES string of the molecule is Fc1ccccc1-c1nnc2ccc(NC(C3CC3)C3CC3)nn12. The molecule has 2 aliphatic carbocycles. The highest BCUT2D eigenvalue weighted by Gasteiger charge is 2.41. The lowest BCUT2D eigenvalue weighted by molar-refractivity contribution is 0.564. The predicted molar refractivity (Wildman–Crippen MR) is 89.0 cm³/mol. The van der Waals surface area contributed by atoms with Gasteiger partial charge in [-0.05, 0) is 61.8 Å². The molecule has 2 aromatic heterocycles. The summed E-state index contributed by atoms with van der Waals surface area (Å²) < 4.78 is 15.7. The predicted octanol–water partition coefficient (Wildman–Crippen LogP) is 3.53. The topological polar surface area (TPSA) is 55.1 Å². The zero-order chi connectivity index (χ0) is 16.1. The van der Waals surface area contributed by atoms with Crippen molar-refractivity contribution in [3.05, 3.63) is 42.2 Å². The van der Waals surface area contributed by atoms with Crippen molar-refractivity contribution in [3.8, 4) is 11.4 Å². The van der Waals surface area contributed by atoms with Crippen LogP contribution in [0.3, 0.4) is 0 Å². The second kappa shape index (κ2) is 5.26. The summed E-state index contributed by atoms with van der Waals surface area (Å²) in [4.78, 5) is 0. The van der Waals surface area contributed by atoms with Gasteiger partial charge in [-0.3, -0.25) is 0 Å². The molecule has 5 nitrogen and oxygen atoms in total. The van der Waals surface area contributed by atoms with E-state index in [2.05, 4.69) is 20.6 Å². The molecule has 24 heavy (non-hydrogen) atoms. The molecule has 0 radical (unpaired) electrons. The maximum absolute atomic E-state index is 14.1. The maximum atomic E-state index is 14.1. The number of rotatable bonds is 5. The van der Waals surface area contributed by atoms with Crippen LogP contribution in [0, 0.1) is 17.7 Å². The van der Waals surface area contributed by atoms with Gasteiger partial charge in [-0.2, -0.15) is 4.52 Å². The number of nitrogens with zero attached hydrogens (tertiary/aromatic N) is 4.